The molecule has 2 aliphatic rings. The van der Waals surface area contributed by atoms with Crippen LogP contribution in [0.15, 0.2) is 42.9 Å². The van der Waals surface area contributed by atoms with Crippen LogP contribution in [-0.4, -0.2) is 45.3 Å². The maximum Gasteiger partial charge on any atom is 0.249 e. The number of carbonyl (C=O) groups excluding carboxylic acids is 1. The van der Waals surface area contributed by atoms with Crippen molar-refractivity contribution in [2.45, 2.75) is 44.8 Å². The Morgan fingerprint density at radius 3 is 2.81 bits per heavy atom. The number of aromatic nitrogens is 4. The Kier molecular flexibility index (Phi) is 5.46. The Balaban J connectivity index is 1.29. The lowest BCUT2D eigenvalue weighted by molar-refractivity contribution is -0.120. The summed E-state index contributed by atoms with van der Waals surface area (Å²) in [5.74, 6) is 1.23. The smallest absolute Gasteiger partial charge is 0.249 e. The fourth-order valence-electron chi connectivity index (χ4n) is 4.40. The average molecular weight is 436 g/mol. The van der Waals surface area contributed by atoms with E-state index in [1.807, 2.05) is 10.9 Å². The molecule has 9 heteroatoms. The number of hydrogen-bond donors (Lipinski definition) is 1. The van der Waals surface area contributed by atoms with Crippen molar-refractivity contribution >= 4 is 23.4 Å². The molecule has 1 N–H and O–H groups in total. The van der Waals surface area contributed by atoms with Crippen LogP contribution in [0.5, 0.6) is 0 Å². The van der Waals surface area contributed by atoms with Crippen molar-refractivity contribution in [1.29, 1.82) is 0 Å². The second-order valence-corrected chi connectivity index (χ2v) is 8.38. The minimum Gasteiger partial charge on any atom is -0.350 e. The van der Waals surface area contributed by atoms with E-state index in [0.29, 0.717) is 19.0 Å². The zero-order chi connectivity index (χ0) is 22.1. The number of hydrogen-bond acceptors (Lipinski definition) is 6. The number of nitrogens with one attached hydrogen (secondary N) is 1. The van der Waals surface area contributed by atoms with Crippen molar-refractivity contribution in [1.82, 2.24) is 19.7 Å². The van der Waals surface area contributed by atoms with E-state index in [9.17, 15) is 9.18 Å². The number of fused-ring (bicyclic) bond motifs is 3. The summed E-state index contributed by atoms with van der Waals surface area (Å²) in [6, 6.07) is 6.28. The third-order valence-corrected chi connectivity index (χ3v) is 6.15. The van der Waals surface area contributed by atoms with Gasteiger partial charge in [-0.15, -0.1) is 0 Å². The minimum atomic E-state index is -0.244. The van der Waals surface area contributed by atoms with Gasteiger partial charge in [0.25, 0.3) is 0 Å². The van der Waals surface area contributed by atoms with Crippen LogP contribution in [-0.2, 0) is 17.9 Å². The van der Waals surface area contributed by atoms with Crippen LogP contribution in [0.3, 0.4) is 0 Å². The molecule has 1 atom stereocenters. The number of amides is 1. The van der Waals surface area contributed by atoms with Crippen molar-refractivity contribution in [2.75, 3.05) is 28.7 Å². The van der Waals surface area contributed by atoms with Crippen LogP contribution in [0, 0.1) is 5.82 Å². The van der Waals surface area contributed by atoms with Gasteiger partial charge in [0.2, 0.25) is 11.9 Å². The molecule has 1 amide bonds. The highest BCUT2D eigenvalue weighted by Crippen LogP contribution is 2.36. The fourth-order valence-corrected chi connectivity index (χ4v) is 4.40. The van der Waals surface area contributed by atoms with Crippen molar-refractivity contribution in [3.8, 4) is 0 Å². The van der Waals surface area contributed by atoms with Crippen LogP contribution in [0.2, 0.25) is 0 Å². The zero-order valence-electron chi connectivity index (χ0n) is 18.0. The second kappa shape index (κ2) is 8.57. The van der Waals surface area contributed by atoms with Gasteiger partial charge in [-0.25, -0.2) is 9.37 Å². The molecule has 2 aliphatic heterocycles. The van der Waals surface area contributed by atoms with Gasteiger partial charge in [-0.3, -0.25) is 9.48 Å². The first kappa shape index (κ1) is 20.4. The van der Waals surface area contributed by atoms with Gasteiger partial charge >= 0.3 is 0 Å². The van der Waals surface area contributed by atoms with E-state index in [-0.39, 0.29) is 17.8 Å². The van der Waals surface area contributed by atoms with Gasteiger partial charge in [0, 0.05) is 31.9 Å². The quantitative estimate of drug-likeness (QED) is 0.663. The number of benzene rings is 1. The second-order valence-electron chi connectivity index (χ2n) is 8.38. The molecule has 4 heterocycles. The first-order valence-corrected chi connectivity index (χ1v) is 11.0. The molecule has 1 aromatic carbocycles. The molecule has 0 spiro atoms. The Labute approximate surface area is 186 Å². The molecule has 3 aromatic rings. The lowest BCUT2D eigenvalue weighted by atomic mass is 10.1. The third kappa shape index (κ3) is 4.02. The van der Waals surface area contributed by atoms with Crippen molar-refractivity contribution in [3.63, 3.8) is 0 Å². The normalized spacial score (nSPS) is 18.2. The number of carbonyl (C=O) groups is 1. The Bertz CT molecular complexity index is 1110. The lowest BCUT2D eigenvalue weighted by Gasteiger charge is -2.39. The van der Waals surface area contributed by atoms with E-state index in [2.05, 4.69) is 20.3 Å². The predicted octanol–water partition coefficient (Wildman–Crippen LogP) is 3.20. The van der Waals surface area contributed by atoms with E-state index >= 15 is 0 Å². The summed E-state index contributed by atoms with van der Waals surface area (Å²) in [5, 5.41) is 7.67. The summed E-state index contributed by atoms with van der Waals surface area (Å²) in [4.78, 5) is 25.8. The number of rotatable bonds is 5. The van der Waals surface area contributed by atoms with Gasteiger partial charge in [0.05, 0.1) is 18.9 Å². The van der Waals surface area contributed by atoms with Crippen molar-refractivity contribution < 1.29 is 9.18 Å². The van der Waals surface area contributed by atoms with Gasteiger partial charge in [-0.1, -0.05) is 25.0 Å². The van der Waals surface area contributed by atoms with Crippen molar-refractivity contribution in [3.05, 3.63) is 59.8 Å². The molecule has 1 saturated heterocycles. The number of likely N-dealkylation sites (N-methyl/N-ethyl adjacent to an activating group) is 1. The first-order valence-electron chi connectivity index (χ1n) is 11.0. The monoisotopic (exact) mass is 435 g/mol. The van der Waals surface area contributed by atoms with Crippen LogP contribution in [0.1, 0.15) is 36.8 Å². The number of halogens is 1. The highest BCUT2D eigenvalue weighted by molar-refractivity contribution is 6.04. The molecule has 0 bridgehead atoms. The predicted molar refractivity (Wildman–Crippen MR) is 120 cm³/mol. The SMILES string of the molecule is CN1C(=O)[C@H]2CCCCCN2c2nc(NCc3cnn(Cc4ccc(F)cc4)c3)ncc21. The number of nitrogens with zero attached hydrogens (tertiary/aromatic N) is 6. The van der Waals surface area contributed by atoms with Crippen LogP contribution >= 0.6 is 0 Å². The molecular weight excluding hydrogens is 409 g/mol. The summed E-state index contributed by atoms with van der Waals surface area (Å²) in [6.45, 7) is 1.94. The molecule has 8 nitrogen and oxygen atoms in total. The molecule has 0 aliphatic carbocycles. The van der Waals surface area contributed by atoms with Crippen LogP contribution in [0.4, 0.5) is 21.8 Å². The summed E-state index contributed by atoms with van der Waals surface area (Å²) >= 11 is 0. The fraction of sp³-hybridized carbons (Fsp3) is 0.391. The largest absolute Gasteiger partial charge is 0.350 e. The van der Waals surface area contributed by atoms with Crippen molar-refractivity contribution in [2.24, 2.45) is 0 Å². The van der Waals surface area contributed by atoms with Gasteiger partial charge in [-0.2, -0.15) is 10.1 Å². The van der Waals surface area contributed by atoms with E-state index in [0.717, 1.165) is 54.9 Å². The minimum absolute atomic E-state index is 0.122. The Morgan fingerprint density at radius 1 is 1.12 bits per heavy atom. The van der Waals surface area contributed by atoms with Gasteiger partial charge in [0.1, 0.15) is 17.5 Å². The third-order valence-electron chi connectivity index (χ3n) is 6.15. The van der Waals surface area contributed by atoms with Gasteiger partial charge < -0.3 is 15.1 Å². The van der Waals surface area contributed by atoms with Gasteiger partial charge in [0.15, 0.2) is 5.82 Å². The van der Waals surface area contributed by atoms with E-state index in [4.69, 9.17) is 4.98 Å². The molecule has 2 aromatic heterocycles. The standard InChI is InChI=1S/C23H26FN7O/c1-29-20-13-26-23(28-21(20)31-10-4-2-3-5-19(31)22(29)32)25-11-17-12-27-30(15-17)14-16-6-8-18(24)9-7-16/h6-9,12-13,15,19H,2-5,10-11,14H2,1H3,(H,25,26,28)/t19-/m1/s1. The summed E-state index contributed by atoms with van der Waals surface area (Å²) in [6.07, 6.45) is 9.60. The highest BCUT2D eigenvalue weighted by atomic mass is 19.1. The van der Waals surface area contributed by atoms with E-state index < -0.39 is 0 Å². The zero-order valence-corrected chi connectivity index (χ0v) is 18.0. The molecule has 166 valence electrons. The maximum absolute atomic E-state index is 13.1. The molecule has 32 heavy (non-hydrogen) atoms. The van der Waals surface area contributed by atoms with E-state index in [1.54, 1.807) is 36.5 Å². The topological polar surface area (TPSA) is 79.2 Å². The molecule has 0 radical (unpaired) electrons. The number of anilines is 3. The Hall–Kier alpha value is -3.49. The summed E-state index contributed by atoms with van der Waals surface area (Å²) in [5.41, 5.74) is 2.73. The molecule has 0 saturated carbocycles. The van der Waals surface area contributed by atoms with E-state index in [1.165, 1.54) is 12.1 Å². The lowest BCUT2D eigenvalue weighted by Crippen LogP contribution is -2.52. The van der Waals surface area contributed by atoms with Crippen LogP contribution < -0.4 is 15.1 Å². The molecular formula is C23H26FN7O. The average Bonchev–Trinajstić information content (AvgIpc) is 3.10. The summed E-state index contributed by atoms with van der Waals surface area (Å²) < 4.78 is 14.9. The highest BCUT2D eigenvalue weighted by Gasteiger charge is 2.38. The molecule has 5 rings (SSSR count). The molecule has 1 fully saturated rings. The molecule has 0 unspecified atom stereocenters. The van der Waals surface area contributed by atoms with Gasteiger partial charge in [-0.05, 0) is 30.5 Å². The van der Waals surface area contributed by atoms with Crippen LogP contribution in [0.25, 0.3) is 0 Å². The maximum atomic E-state index is 13.1. The first-order chi connectivity index (χ1) is 15.6. The summed E-state index contributed by atoms with van der Waals surface area (Å²) in [7, 11) is 1.80. The Morgan fingerprint density at radius 2 is 1.97 bits per heavy atom.